The van der Waals surface area contributed by atoms with Crippen LogP contribution in [0.3, 0.4) is 0 Å². The number of pyridine rings is 1. The van der Waals surface area contributed by atoms with Gasteiger partial charge in [0.15, 0.2) is 0 Å². The molecule has 0 atom stereocenters. The van der Waals surface area contributed by atoms with Crippen molar-refractivity contribution in [2.75, 3.05) is 12.4 Å². The molecule has 1 amide bonds. The fourth-order valence-corrected chi connectivity index (χ4v) is 2.63. The Labute approximate surface area is 120 Å². The molecule has 2 heterocycles. The standard InChI is InChI=1S/C14H14N2O3S/c1-3-10-8-11(14(18)19-2)13(20-10)16-12(17)9-4-6-15-7-5-9/h4-8H,3H2,1-2H3,(H,16,17). The zero-order chi connectivity index (χ0) is 14.5. The van der Waals surface area contributed by atoms with Gasteiger partial charge in [-0.05, 0) is 24.6 Å². The van der Waals surface area contributed by atoms with Gasteiger partial charge in [-0.15, -0.1) is 11.3 Å². The van der Waals surface area contributed by atoms with Crippen molar-refractivity contribution in [2.45, 2.75) is 13.3 Å². The summed E-state index contributed by atoms with van der Waals surface area (Å²) >= 11 is 1.38. The van der Waals surface area contributed by atoms with Gasteiger partial charge in [-0.1, -0.05) is 6.92 Å². The number of nitrogens with zero attached hydrogens (tertiary/aromatic N) is 1. The number of carbonyl (C=O) groups is 2. The highest BCUT2D eigenvalue weighted by Gasteiger charge is 2.18. The van der Waals surface area contributed by atoms with Crippen LogP contribution in [-0.2, 0) is 11.2 Å². The molecule has 2 aromatic rings. The van der Waals surface area contributed by atoms with Crippen LogP contribution in [0, 0.1) is 0 Å². The highest BCUT2D eigenvalue weighted by atomic mass is 32.1. The molecule has 2 aromatic heterocycles. The Morgan fingerprint density at radius 1 is 1.35 bits per heavy atom. The predicted octanol–water partition coefficient (Wildman–Crippen LogP) is 2.74. The van der Waals surface area contributed by atoms with Gasteiger partial charge in [0.05, 0.1) is 12.7 Å². The number of hydrogen-bond acceptors (Lipinski definition) is 5. The van der Waals surface area contributed by atoms with Gasteiger partial charge in [0.25, 0.3) is 5.91 Å². The zero-order valence-electron chi connectivity index (χ0n) is 11.2. The first-order valence-electron chi connectivity index (χ1n) is 6.08. The van der Waals surface area contributed by atoms with E-state index in [1.165, 1.54) is 18.4 Å². The van der Waals surface area contributed by atoms with Gasteiger partial charge in [0.1, 0.15) is 5.00 Å². The van der Waals surface area contributed by atoms with Crippen molar-refractivity contribution in [3.8, 4) is 0 Å². The first kappa shape index (κ1) is 14.2. The second-order valence-electron chi connectivity index (χ2n) is 3.99. The van der Waals surface area contributed by atoms with Gasteiger partial charge in [0.2, 0.25) is 0 Å². The van der Waals surface area contributed by atoms with E-state index < -0.39 is 5.97 Å². The van der Waals surface area contributed by atoms with Crippen molar-refractivity contribution < 1.29 is 14.3 Å². The highest BCUT2D eigenvalue weighted by Crippen LogP contribution is 2.29. The molecular weight excluding hydrogens is 276 g/mol. The number of thiophene rings is 1. The topological polar surface area (TPSA) is 68.3 Å². The van der Waals surface area contributed by atoms with Crippen LogP contribution in [0.25, 0.3) is 0 Å². The lowest BCUT2D eigenvalue weighted by Gasteiger charge is -2.04. The van der Waals surface area contributed by atoms with Crippen LogP contribution < -0.4 is 5.32 Å². The molecule has 0 unspecified atom stereocenters. The number of methoxy groups -OCH3 is 1. The van der Waals surface area contributed by atoms with Crippen molar-refractivity contribution in [3.63, 3.8) is 0 Å². The number of aryl methyl sites for hydroxylation is 1. The normalized spacial score (nSPS) is 10.1. The molecule has 6 heteroatoms. The maximum Gasteiger partial charge on any atom is 0.340 e. The fourth-order valence-electron chi connectivity index (χ4n) is 1.65. The van der Waals surface area contributed by atoms with Crippen molar-refractivity contribution in [2.24, 2.45) is 0 Å². The van der Waals surface area contributed by atoms with E-state index in [1.807, 2.05) is 6.92 Å². The number of amides is 1. The Morgan fingerprint density at radius 3 is 2.65 bits per heavy atom. The molecule has 0 fully saturated rings. The van der Waals surface area contributed by atoms with E-state index in [-0.39, 0.29) is 5.91 Å². The maximum absolute atomic E-state index is 12.1. The third-order valence-electron chi connectivity index (χ3n) is 2.71. The summed E-state index contributed by atoms with van der Waals surface area (Å²) in [4.78, 5) is 28.7. The quantitative estimate of drug-likeness (QED) is 0.879. The van der Waals surface area contributed by atoms with Crippen LogP contribution in [0.1, 0.15) is 32.5 Å². The number of ether oxygens (including phenoxy) is 1. The van der Waals surface area contributed by atoms with E-state index >= 15 is 0 Å². The second kappa shape index (κ2) is 6.29. The van der Waals surface area contributed by atoms with E-state index in [1.54, 1.807) is 30.6 Å². The zero-order valence-corrected chi connectivity index (χ0v) is 12.0. The van der Waals surface area contributed by atoms with Crippen molar-refractivity contribution in [3.05, 3.63) is 46.6 Å². The molecule has 20 heavy (non-hydrogen) atoms. The maximum atomic E-state index is 12.1. The molecule has 0 aromatic carbocycles. The number of esters is 1. The van der Waals surface area contributed by atoms with Crippen LogP contribution in [0.15, 0.2) is 30.6 Å². The van der Waals surface area contributed by atoms with Gasteiger partial charge >= 0.3 is 5.97 Å². The van der Waals surface area contributed by atoms with E-state index in [0.717, 1.165) is 11.3 Å². The SMILES string of the molecule is CCc1cc(C(=O)OC)c(NC(=O)c2ccncc2)s1. The smallest absolute Gasteiger partial charge is 0.340 e. The molecule has 0 radical (unpaired) electrons. The Bertz CT molecular complexity index is 623. The summed E-state index contributed by atoms with van der Waals surface area (Å²) in [6, 6.07) is 4.97. The Hall–Kier alpha value is -2.21. The molecule has 0 saturated carbocycles. The van der Waals surface area contributed by atoms with E-state index in [2.05, 4.69) is 10.3 Å². The first-order valence-corrected chi connectivity index (χ1v) is 6.89. The van der Waals surface area contributed by atoms with Gasteiger partial charge < -0.3 is 10.1 Å². The van der Waals surface area contributed by atoms with Crippen LogP contribution in [-0.4, -0.2) is 24.0 Å². The molecule has 0 aliphatic carbocycles. The summed E-state index contributed by atoms with van der Waals surface area (Å²) < 4.78 is 4.73. The number of hydrogen-bond donors (Lipinski definition) is 1. The van der Waals surface area contributed by atoms with Crippen LogP contribution in [0.4, 0.5) is 5.00 Å². The lowest BCUT2D eigenvalue weighted by Crippen LogP contribution is -2.13. The Morgan fingerprint density at radius 2 is 2.05 bits per heavy atom. The number of anilines is 1. The lowest BCUT2D eigenvalue weighted by atomic mass is 10.2. The lowest BCUT2D eigenvalue weighted by molar-refractivity contribution is 0.0602. The molecular formula is C14H14N2O3S. The van der Waals surface area contributed by atoms with Gasteiger partial charge in [0, 0.05) is 22.8 Å². The number of carbonyl (C=O) groups excluding carboxylic acids is 2. The van der Waals surface area contributed by atoms with Gasteiger partial charge in [-0.3, -0.25) is 9.78 Å². The minimum Gasteiger partial charge on any atom is -0.465 e. The summed E-state index contributed by atoms with van der Waals surface area (Å²) in [5.74, 6) is -0.729. The minimum absolute atomic E-state index is 0.276. The molecule has 0 aliphatic rings. The largest absolute Gasteiger partial charge is 0.465 e. The molecule has 0 aliphatic heterocycles. The van der Waals surface area contributed by atoms with Crippen LogP contribution >= 0.6 is 11.3 Å². The number of aromatic nitrogens is 1. The van der Waals surface area contributed by atoms with E-state index in [9.17, 15) is 9.59 Å². The molecule has 2 rings (SSSR count). The summed E-state index contributed by atoms with van der Waals surface area (Å²) in [6.07, 6.45) is 3.88. The second-order valence-corrected chi connectivity index (χ2v) is 5.13. The molecule has 1 N–H and O–H groups in total. The third kappa shape index (κ3) is 3.03. The van der Waals surface area contributed by atoms with Crippen molar-refractivity contribution in [1.82, 2.24) is 4.98 Å². The van der Waals surface area contributed by atoms with Gasteiger partial charge in [-0.25, -0.2) is 4.79 Å². The fraction of sp³-hybridized carbons (Fsp3) is 0.214. The van der Waals surface area contributed by atoms with Gasteiger partial charge in [-0.2, -0.15) is 0 Å². The van der Waals surface area contributed by atoms with Crippen LogP contribution in [0.2, 0.25) is 0 Å². The third-order valence-corrected chi connectivity index (χ3v) is 3.90. The highest BCUT2D eigenvalue weighted by molar-refractivity contribution is 7.16. The molecule has 104 valence electrons. The molecule has 0 spiro atoms. The average molecular weight is 290 g/mol. The summed E-state index contributed by atoms with van der Waals surface area (Å²) in [6.45, 7) is 1.99. The van der Waals surface area contributed by atoms with Crippen LogP contribution in [0.5, 0.6) is 0 Å². The number of rotatable bonds is 4. The Kier molecular flexibility index (Phi) is 4.47. The first-order chi connectivity index (χ1) is 9.65. The van der Waals surface area contributed by atoms with E-state index in [4.69, 9.17) is 4.74 Å². The molecule has 0 saturated heterocycles. The summed E-state index contributed by atoms with van der Waals surface area (Å²) in [5, 5.41) is 3.26. The summed E-state index contributed by atoms with van der Waals surface area (Å²) in [5.41, 5.74) is 0.874. The number of nitrogens with one attached hydrogen (secondary N) is 1. The Balaban J connectivity index is 2.26. The van der Waals surface area contributed by atoms with Crippen molar-refractivity contribution in [1.29, 1.82) is 0 Å². The summed E-state index contributed by atoms with van der Waals surface area (Å²) in [7, 11) is 1.32. The monoisotopic (exact) mass is 290 g/mol. The molecule has 0 bridgehead atoms. The molecule has 5 nitrogen and oxygen atoms in total. The predicted molar refractivity (Wildman–Crippen MR) is 77.2 cm³/mol. The van der Waals surface area contributed by atoms with Crippen molar-refractivity contribution >= 4 is 28.2 Å². The van der Waals surface area contributed by atoms with E-state index in [0.29, 0.717) is 16.1 Å². The average Bonchev–Trinajstić information content (AvgIpc) is 2.90. The minimum atomic E-state index is -0.453.